The lowest BCUT2D eigenvalue weighted by atomic mass is 10.1. The van der Waals surface area contributed by atoms with Gasteiger partial charge in [-0.1, -0.05) is 0 Å². The van der Waals surface area contributed by atoms with Crippen LogP contribution in [0.1, 0.15) is 32.8 Å². The Kier molecular flexibility index (Phi) is 3.24. The van der Waals surface area contributed by atoms with Crippen molar-refractivity contribution in [2.45, 2.75) is 32.2 Å². The van der Waals surface area contributed by atoms with Crippen molar-refractivity contribution in [2.75, 3.05) is 5.32 Å². The number of carbonyl (C=O) groups is 1. The molecule has 0 saturated carbocycles. The Morgan fingerprint density at radius 3 is 3.11 bits per heavy atom. The molecule has 2 N–H and O–H groups in total. The highest BCUT2D eigenvalue weighted by Crippen LogP contribution is 2.38. The molecule has 19 heavy (non-hydrogen) atoms. The lowest BCUT2D eigenvalue weighted by Gasteiger charge is -2.02. The molecule has 0 saturated heterocycles. The van der Waals surface area contributed by atoms with Crippen LogP contribution < -0.4 is 5.32 Å². The molecule has 1 atom stereocenters. The van der Waals surface area contributed by atoms with Gasteiger partial charge in [0, 0.05) is 16.0 Å². The van der Waals surface area contributed by atoms with Crippen molar-refractivity contribution in [2.24, 2.45) is 0 Å². The summed E-state index contributed by atoms with van der Waals surface area (Å²) in [6, 6.07) is 0. The van der Waals surface area contributed by atoms with E-state index < -0.39 is 11.9 Å². The number of nitrogens with zero attached hydrogens (tertiary/aromatic N) is 2. The molecule has 100 valence electrons. The third kappa shape index (κ3) is 2.48. The number of rotatable bonds is 4. The molecule has 7 heteroatoms. The van der Waals surface area contributed by atoms with Crippen molar-refractivity contribution in [1.29, 1.82) is 0 Å². The summed E-state index contributed by atoms with van der Waals surface area (Å²) < 4.78 is 0. The van der Waals surface area contributed by atoms with Gasteiger partial charge in [-0.15, -0.1) is 22.7 Å². The second-order valence-electron chi connectivity index (χ2n) is 4.46. The number of hydrogen-bond donors (Lipinski definition) is 2. The first-order chi connectivity index (χ1) is 9.13. The predicted octanol–water partition coefficient (Wildman–Crippen LogP) is 2.63. The van der Waals surface area contributed by atoms with Crippen LogP contribution in [-0.2, 0) is 17.8 Å². The maximum atomic E-state index is 11.1. The summed E-state index contributed by atoms with van der Waals surface area (Å²) in [6.45, 7) is 2.67. The fraction of sp³-hybridized carbons (Fsp3) is 0.417. The molecule has 0 aromatic carbocycles. The summed E-state index contributed by atoms with van der Waals surface area (Å²) in [6.07, 6.45) is 3.36. The zero-order valence-electron chi connectivity index (χ0n) is 10.3. The summed E-state index contributed by atoms with van der Waals surface area (Å²) in [5.74, 6) is -1.19. The topological polar surface area (TPSA) is 75.1 Å². The lowest BCUT2D eigenvalue weighted by molar-refractivity contribution is -0.138. The van der Waals surface area contributed by atoms with E-state index in [2.05, 4.69) is 15.3 Å². The lowest BCUT2D eigenvalue weighted by Crippen LogP contribution is -2.08. The van der Waals surface area contributed by atoms with Gasteiger partial charge in [-0.05, 0) is 19.8 Å². The fourth-order valence-electron chi connectivity index (χ4n) is 2.19. The minimum Gasteiger partial charge on any atom is -0.481 e. The van der Waals surface area contributed by atoms with Gasteiger partial charge in [-0.2, -0.15) is 0 Å². The number of nitrogens with one attached hydrogen (secondary N) is 1. The molecule has 0 aliphatic heterocycles. The molecule has 1 unspecified atom stereocenters. The maximum absolute atomic E-state index is 11.1. The van der Waals surface area contributed by atoms with Crippen molar-refractivity contribution in [3.63, 3.8) is 0 Å². The van der Waals surface area contributed by atoms with E-state index in [0.717, 1.165) is 32.0 Å². The van der Waals surface area contributed by atoms with Gasteiger partial charge < -0.3 is 10.4 Å². The highest BCUT2D eigenvalue weighted by molar-refractivity contribution is 7.15. The zero-order valence-corrected chi connectivity index (χ0v) is 12.0. The van der Waals surface area contributed by atoms with Crippen molar-refractivity contribution < 1.29 is 9.90 Å². The molecular weight excluding hydrogens is 282 g/mol. The van der Waals surface area contributed by atoms with Crippen LogP contribution in [0.4, 0.5) is 5.13 Å². The fourth-order valence-corrected chi connectivity index (χ4v) is 3.96. The van der Waals surface area contributed by atoms with Crippen LogP contribution in [0.5, 0.6) is 0 Å². The second-order valence-corrected chi connectivity index (χ2v) is 6.86. The van der Waals surface area contributed by atoms with Crippen molar-refractivity contribution in [3.05, 3.63) is 26.7 Å². The first-order valence-corrected chi connectivity index (χ1v) is 7.64. The van der Waals surface area contributed by atoms with Gasteiger partial charge in [0.15, 0.2) is 5.13 Å². The van der Waals surface area contributed by atoms with Crippen LogP contribution in [-0.4, -0.2) is 21.0 Å². The van der Waals surface area contributed by atoms with Crippen LogP contribution in [0.3, 0.4) is 0 Å². The average molecular weight is 295 g/mol. The Bertz CT molecular complexity index is 620. The molecule has 2 aromatic rings. The van der Waals surface area contributed by atoms with Gasteiger partial charge in [0.25, 0.3) is 0 Å². The van der Waals surface area contributed by atoms with Gasteiger partial charge in [-0.25, -0.2) is 9.97 Å². The minimum absolute atomic E-state index is 0.424. The van der Waals surface area contributed by atoms with E-state index in [1.54, 1.807) is 22.7 Å². The van der Waals surface area contributed by atoms with Gasteiger partial charge in [-0.3, -0.25) is 4.79 Å². The highest BCUT2D eigenvalue weighted by Gasteiger charge is 2.32. The standard InChI is InChI=1S/C12H13N3O2S2/c1-6-13-4-7(18-6)5-14-12-15-10-8(11(16)17)2-3-9(10)19-12/h4,8H,2-3,5H2,1H3,(H,14,15)(H,16,17). The minimum atomic E-state index is -0.770. The molecule has 0 spiro atoms. The summed E-state index contributed by atoms with van der Waals surface area (Å²) in [7, 11) is 0. The molecule has 0 amide bonds. The zero-order chi connectivity index (χ0) is 13.4. The number of aromatic nitrogens is 2. The average Bonchev–Trinajstić information content (AvgIpc) is 3.00. The van der Waals surface area contributed by atoms with Crippen molar-refractivity contribution in [1.82, 2.24) is 9.97 Å². The predicted molar refractivity (Wildman–Crippen MR) is 75.0 cm³/mol. The number of carboxylic acids is 1. The van der Waals surface area contributed by atoms with Crippen LogP contribution in [0.15, 0.2) is 6.20 Å². The smallest absolute Gasteiger partial charge is 0.312 e. The van der Waals surface area contributed by atoms with Crippen LogP contribution in [0, 0.1) is 6.92 Å². The summed E-state index contributed by atoms with van der Waals surface area (Å²) in [5, 5.41) is 14.2. The van der Waals surface area contributed by atoms with Crippen LogP contribution in [0.25, 0.3) is 0 Å². The largest absolute Gasteiger partial charge is 0.481 e. The number of thiazole rings is 2. The van der Waals surface area contributed by atoms with E-state index in [1.807, 2.05) is 13.1 Å². The Labute approximate surface area is 118 Å². The Balaban J connectivity index is 1.70. The third-order valence-corrected chi connectivity index (χ3v) is 5.10. The van der Waals surface area contributed by atoms with E-state index in [0.29, 0.717) is 13.0 Å². The van der Waals surface area contributed by atoms with E-state index in [1.165, 1.54) is 0 Å². The van der Waals surface area contributed by atoms with Crippen molar-refractivity contribution >= 4 is 33.8 Å². The number of carboxylic acid groups (broad SMARTS) is 1. The van der Waals surface area contributed by atoms with Gasteiger partial charge in [0.1, 0.15) is 5.92 Å². The second kappa shape index (κ2) is 4.90. The molecular formula is C12H13N3O2S2. The molecule has 5 nitrogen and oxygen atoms in total. The monoisotopic (exact) mass is 295 g/mol. The Morgan fingerprint density at radius 1 is 1.58 bits per heavy atom. The normalized spacial score (nSPS) is 17.4. The maximum Gasteiger partial charge on any atom is 0.312 e. The van der Waals surface area contributed by atoms with E-state index in [4.69, 9.17) is 5.11 Å². The Hall–Kier alpha value is -1.47. The number of hydrogen-bond acceptors (Lipinski definition) is 6. The SMILES string of the molecule is Cc1ncc(CNc2nc3c(s2)CCC3C(=O)O)s1. The van der Waals surface area contributed by atoms with E-state index >= 15 is 0 Å². The molecule has 3 rings (SSSR count). The molecule has 2 heterocycles. The number of fused-ring (bicyclic) bond motifs is 1. The quantitative estimate of drug-likeness (QED) is 0.907. The van der Waals surface area contributed by atoms with Gasteiger partial charge in [0.2, 0.25) is 0 Å². The molecule has 2 aromatic heterocycles. The summed E-state index contributed by atoms with van der Waals surface area (Å²) >= 11 is 3.22. The number of aryl methyl sites for hydroxylation is 2. The third-order valence-electron chi connectivity index (χ3n) is 3.10. The van der Waals surface area contributed by atoms with Gasteiger partial charge in [0.05, 0.1) is 17.2 Å². The van der Waals surface area contributed by atoms with Crippen LogP contribution >= 0.6 is 22.7 Å². The van der Waals surface area contributed by atoms with E-state index in [-0.39, 0.29) is 0 Å². The molecule has 0 bridgehead atoms. The van der Waals surface area contributed by atoms with E-state index in [9.17, 15) is 4.79 Å². The van der Waals surface area contributed by atoms with Crippen molar-refractivity contribution in [3.8, 4) is 0 Å². The molecule has 0 radical (unpaired) electrons. The molecule has 1 aliphatic carbocycles. The summed E-state index contributed by atoms with van der Waals surface area (Å²) in [5.41, 5.74) is 0.750. The number of anilines is 1. The first kappa shape index (κ1) is 12.6. The Morgan fingerprint density at radius 2 is 2.42 bits per heavy atom. The summed E-state index contributed by atoms with van der Waals surface area (Å²) in [4.78, 5) is 22.0. The molecule has 1 aliphatic rings. The first-order valence-electron chi connectivity index (χ1n) is 6.01. The molecule has 0 fully saturated rings. The number of aliphatic carboxylic acids is 1. The highest BCUT2D eigenvalue weighted by atomic mass is 32.1. The van der Waals surface area contributed by atoms with Gasteiger partial charge >= 0.3 is 5.97 Å². The van der Waals surface area contributed by atoms with Crippen LogP contribution in [0.2, 0.25) is 0 Å².